The quantitative estimate of drug-likeness (QED) is 0.662. The molecule has 2 rings (SSSR count). The van der Waals surface area contributed by atoms with E-state index in [1.54, 1.807) is 0 Å². The summed E-state index contributed by atoms with van der Waals surface area (Å²) in [6.45, 7) is 1.99. The van der Waals surface area contributed by atoms with Gasteiger partial charge in [-0.15, -0.1) is 0 Å². The van der Waals surface area contributed by atoms with Crippen molar-refractivity contribution < 1.29 is 9.47 Å². The van der Waals surface area contributed by atoms with Crippen molar-refractivity contribution in [2.75, 3.05) is 25.6 Å². The van der Waals surface area contributed by atoms with Crippen molar-refractivity contribution in [1.82, 2.24) is 0 Å². The molecule has 0 aromatic heterocycles. The van der Waals surface area contributed by atoms with Gasteiger partial charge in [0.1, 0.15) is 6.10 Å². The maximum atomic E-state index is 5.67. The van der Waals surface area contributed by atoms with Crippen molar-refractivity contribution in [3.63, 3.8) is 0 Å². The van der Waals surface area contributed by atoms with Gasteiger partial charge in [0.05, 0.1) is 19.8 Å². The first-order valence-electron chi connectivity index (χ1n) is 4.41. The van der Waals surface area contributed by atoms with E-state index in [0.717, 1.165) is 11.3 Å². The molecule has 3 nitrogen and oxygen atoms in total. The van der Waals surface area contributed by atoms with Crippen LogP contribution in [-0.2, 0) is 9.47 Å². The van der Waals surface area contributed by atoms with Gasteiger partial charge in [-0.25, -0.2) is 0 Å². The fourth-order valence-corrected chi connectivity index (χ4v) is 1.44. The zero-order valence-electron chi connectivity index (χ0n) is 7.40. The molecule has 0 bridgehead atoms. The Hall–Kier alpha value is -1.06. The summed E-state index contributed by atoms with van der Waals surface area (Å²) >= 11 is 0. The number of rotatable bonds is 1. The van der Waals surface area contributed by atoms with Gasteiger partial charge >= 0.3 is 0 Å². The molecule has 1 unspecified atom stereocenters. The molecule has 1 aliphatic rings. The van der Waals surface area contributed by atoms with Crippen LogP contribution < -0.4 is 5.73 Å². The number of nitrogens with two attached hydrogens (primary N) is 1. The maximum Gasteiger partial charge on any atom is 0.106 e. The first kappa shape index (κ1) is 8.53. The molecule has 1 saturated heterocycles. The molecule has 70 valence electrons. The largest absolute Gasteiger partial charge is 0.399 e. The van der Waals surface area contributed by atoms with Crippen molar-refractivity contribution in [1.29, 1.82) is 0 Å². The van der Waals surface area contributed by atoms with Gasteiger partial charge < -0.3 is 15.2 Å². The predicted molar refractivity (Wildman–Crippen MR) is 50.4 cm³/mol. The van der Waals surface area contributed by atoms with Gasteiger partial charge in [0.25, 0.3) is 0 Å². The Labute approximate surface area is 77.5 Å². The van der Waals surface area contributed by atoms with E-state index in [9.17, 15) is 0 Å². The van der Waals surface area contributed by atoms with Crippen molar-refractivity contribution in [2.24, 2.45) is 0 Å². The normalized spacial score (nSPS) is 22.9. The van der Waals surface area contributed by atoms with E-state index in [-0.39, 0.29) is 6.10 Å². The van der Waals surface area contributed by atoms with Gasteiger partial charge in [-0.3, -0.25) is 0 Å². The van der Waals surface area contributed by atoms with Crippen LogP contribution in [0.4, 0.5) is 5.69 Å². The molecule has 1 aliphatic heterocycles. The van der Waals surface area contributed by atoms with E-state index in [0.29, 0.717) is 19.8 Å². The molecule has 1 heterocycles. The minimum atomic E-state index is 0.0530. The van der Waals surface area contributed by atoms with Gasteiger partial charge in [0.15, 0.2) is 0 Å². The second kappa shape index (κ2) is 3.77. The van der Waals surface area contributed by atoms with Crippen LogP contribution in [-0.4, -0.2) is 19.8 Å². The van der Waals surface area contributed by atoms with Crippen LogP contribution in [0, 0.1) is 0 Å². The molecule has 1 atom stereocenters. The lowest BCUT2D eigenvalue weighted by Crippen LogP contribution is -2.21. The van der Waals surface area contributed by atoms with Crippen molar-refractivity contribution in [3.8, 4) is 0 Å². The highest BCUT2D eigenvalue weighted by molar-refractivity contribution is 5.41. The number of anilines is 1. The van der Waals surface area contributed by atoms with Gasteiger partial charge in [-0.05, 0) is 17.7 Å². The molecule has 2 N–H and O–H groups in total. The van der Waals surface area contributed by atoms with Crippen LogP contribution in [0.1, 0.15) is 11.7 Å². The zero-order chi connectivity index (χ0) is 9.10. The fourth-order valence-electron chi connectivity index (χ4n) is 1.44. The lowest BCUT2D eigenvalue weighted by Gasteiger charge is -2.23. The van der Waals surface area contributed by atoms with Crippen LogP contribution in [0.5, 0.6) is 0 Å². The Balaban J connectivity index is 2.14. The molecule has 0 aliphatic carbocycles. The Morgan fingerprint density at radius 1 is 1.31 bits per heavy atom. The molecule has 3 heteroatoms. The number of nitrogen functional groups attached to an aromatic ring is 1. The fraction of sp³-hybridized carbons (Fsp3) is 0.400. The summed E-state index contributed by atoms with van der Waals surface area (Å²) in [5, 5.41) is 0. The highest BCUT2D eigenvalue weighted by atomic mass is 16.6. The Morgan fingerprint density at radius 2 is 2.23 bits per heavy atom. The third-order valence-electron chi connectivity index (χ3n) is 2.10. The van der Waals surface area contributed by atoms with Crippen LogP contribution in [0.15, 0.2) is 24.3 Å². The zero-order valence-corrected chi connectivity index (χ0v) is 7.40. The number of hydrogen-bond acceptors (Lipinski definition) is 3. The Kier molecular flexibility index (Phi) is 2.47. The third-order valence-corrected chi connectivity index (χ3v) is 2.10. The van der Waals surface area contributed by atoms with Crippen molar-refractivity contribution >= 4 is 5.69 Å². The minimum absolute atomic E-state index is 0.0530. The lowest BCUT2D eigenvalue weighted by atomic mass is 10.1. The summed E-state index contributed by atoms with van der Waals surface area (Å²) in [4.78, 5) is 0. The molecule has 0 spiro atoms. The summed E-state index contributed by atoms with van der Waals surface area (Å²) < 4.78 is 10.8. The second-order valence-electron chi connectivity index (χ2n) is 3.10. The average Bonchev–Trinajstić information content (AvgIpc) is 2.19. The smallest absolute Gasteiger partial charge is 0.106 e. The highest BCUT2D eigenvalue weighted by Crippen LogP contribution is 2.21. The van der Waals surface area contributed by atoms with Gasteiger partial charge in [0.2, 0.25) is 0 Å². The first-order valence-corrected chi connectivity index (χ1v) is 4.41. The monoisotopic (exact) mass is 179 g/mol. The highest BCUT2D eigenvalue weighted by Gasteiger charge is 2.15. The molecule has 0 saturated carbocycles. The SMILES string of the molecule is Nc1cccc(C2COCCO2)c1. The number of ether oxygens (including phenoxy) is 2. The summed E-state index contributed by atoms with van der Waals surface area (Å²) in [6, 6.07) is 7.74. The van der Waals surface area contributed by atoms with E-state index in [4.69, 9.17) is 15.2 Å². The number of hydrogen-bond donors (Lipinski definition) is 1. The number of benzene rings is 1. The van der Waals surface area contributed by atoms with Crippen LogP contribution >= 0.6 is 0 Å². The summed E-state index contributed by atoms with van der Waals surface area (Å²) in [6.07, 6.45) is 0.0530. The minimum Gasteiger partial charge on any atom is -0.399 e. The van der Waals surface area contributed by atoms with Crippen molar-refractivity contribution in [3.05, 3.63) is 29.8 Å². The van der Waals surface area contributed by atoms with E-state index in [1.807, 2.05) is 24.3 Å². The molecular formula is C10H13NO2. The van der Waals surface area contributed by atoms with E-state index >= 15 is 0 Å². The Bertz CT molecular complexity index is 282. The Morgan fingerprint density at radius 3 is 2.92 bits per heavy atom. The first-order chi connectivity index (χ1) is 6.36. The maximum absolute atomic E-state index is 5.67. The van der Waals surface area contributed by atoms with E-state index in [1.165, 1.54) is 0 Å². The van der Waals surface area contributed by atoms with E-state index in [2.05, 4.69) is 0 Å². The molecule has 1 aromatic rings. The summed E-state index contributed by atoms with van der Waals surface area (Å²) in [5.41, 5.74) is 7.54. The average molecular weight is 179 g/mol. The van der Waals surface area contributed by atoms with Gasteiger partial charge in [0, 0.05) is 5.69 Å². The van der Waals surface area contributed by atoms with Gasteiger partial charge in [-0.1, -0.05) is 12.1 Å². The van der Waals surface area contributed by atoms with E-state index < -0.39 is 0 Å². The van der Waals surface area contributed by atoms with Gasteiger partial charge in [-0.2, -0.15) is 0 Å². The molecule has 1 aromatic carbocycles. The molecule has 1 fully saturated rings. The summed E-state index contributed by atoms with van der Waals surface area (Å²) in [7, 11) is 0. The van der Waals surface area contributed by atoms with Crippen LogP contribution in [0.3, 0.4) is 0 Å². The van der Waals surface area contributed by atoms with Crippen LogP contribution in [0.2, 0.25) is 0 Å². The topological polar surface area (TPSA) is 44.5 Å². The molecule has 13 heavy (non-hydrogen) atoms. The van der Waals surface area contributed by atoms with Crippen LogP contribution in [0.25, 0.3) is 0 Å². The summed E-state index contributed by atoms with van der Waals surface area (Å²) in [5.74, 6) is 0. The second-order valence-corrected chi connectivity index (χ2v) is 3.10. The molecule has 0 amide bonds. The lowest BCUT2D eigenvalue weighted by molar-refractivity contribution is -0.0901. The molecular weight excluding hydrogens is 166 g/mol. The van der Waals surface area contributed by atoms with Crippen molar-refractivity contribution in [2.45, 2.75) is 6.10 Å². The predicted octanol–water partition coefficient (Wildman–Crippen LogP) is 1.36. The third kappa shape index (κ3) is 1.99. The molecule has 0 radical (unpaired) electrons. The standard InChI is InChI=1S/C10H13NO2/c11-9-3-1-2-8(6-9)10-7-12-4-5-13-10/h1-3,6,10H,4-5,7,11H2.